The Kier molecular flexibility index (Phi) is 2.43. The molecule has 0 spiro atoms. The van der Waals surface area contributed by atoms with Gasteiger partial charge in [0.2, 0.25) is 0 Å². The van der Waals surface area contributed by atoms with Crippen LogP contribution in [0.1, 0.15) is 31.7 Å². The molecule has 0 radical (unpaired) electrons. The number of rotatable bonds is 4. The second-order valence-corrected chi connectivity index (χ2v) is 2.51. The van der Waals surface area contributed by atoms with Gasteiger partial charge in [-0.2, -0.15) is 0 Å². The Hall–Kier alpha value is -0.850. The first kappa shape index (κ1) is 7.26. The van der Waals surface area contributed by atoms with Crippen molar-refractivity contribution < 1.29 is 0 Å². The Balaban J connectivity index is 2.14. The number of hydrogen-bond donors (Lipinski definition) is 0. The average molecular weight is 136 g/mol. The van der Waals surface area contributed by atoms with Crippen molar-refractivity contribution in [2.45, 2.75) is 26.2 Å². The van der Waals surface area contributed by atoms with Gasteiger partial charge in [-0.05, 0) is 12.5 Å². The second-order valence-electron chi connectivity index (χ2n) is 2.51. The maximum absolute atomic E-state index is 10.4. The summed E-state index contributed by atoms with van der Waals surface area (Å²) >= 11 is 0. The standard InChI is InChI=1S/C9H12O/c1-2-3-4-5-6-8-7-9(8)10/h5-7H,2-4H2,1H3/b6-5+. The normalized spacial score (nSPS) is 11.7. The Morgan fingerprint density at radius 1 is 1.60 bits per heavy atom. The lowest BCUT2D eigenvalue weighted by molar-refractivity contribution is 0.816. The Labute approximate surface area is 61.1 Å². The van der Waals surface area contributed by atoms with E-state index in [0.717, 1.165) is 12.0 Å². The number of allylic oxidation sites excluding steroid dienone is 1. The predicted molar refractivity (Wildman–Crippen MR) is 43.6 cm³/mol. The molecule has 0 aliphatic heterocycles. The predicted octanol–water partition coefficient (Wildman–Crippen LogP) is 2.13. The van der Waals surface area contributed by atoms with Crippen LogP contribution < -0.4 is 5.43 Å². The zero-order valence-electron chi connectivity index (χ0n) is 6.26. The van der Waals surface area contributed by atoms with Gasteiger partial charge < -0.3 is 0 Å². The summed E-state index contributed by atoms with van der Waals surface area (Å²) in [6, 6.07) is 1.66. The van der Waals surface area contributed by atoms with E-state index in [2.05, 4.69) is 13.0 Å². The Morgan fingerprint density at radius 3 is 2.80 bits per heavy atom. The summed E-state index contributed by atoms with van der Waals surface area (Å²) in [5, 5.41) is 0. The summed E-state index contributed by atoms with van der Waals surface area (Å²) in [4.78, 5) is 10.4. The van der Waals surface area contributed by atoms with Gasteiger partial charge in [0.05, 0.1) is 0 Å². The van der Waals surface area contributed by atoms with Crippen molar-refractivity contribution >= 4 is 6.08 Å². The van der Waals surface area contributed by atoms with Crippen LogP contribution in [-0.2, 0) is 0 Å². The molecule has 0 aliphatic rings. The lowest BCUT2D eigenvalue weighted by atomic mass is 10.2. The maximum atomic E-state index is 10.4. The van der Waals surface area contributed by atoms with Gasteiger partial charge in [-0.1, -0.05) is 31.9 Å². The molecule has 1 aromatic carbocycles. The van der Waals surface area contributed by atoms with Crippen molar-refractivity contribution in [2.75, 3.05) is 0 Å². The molecule has 0 saturated heterocycles. The molecule has 0 unspecified atom stereocenters. The van der Waals surface area contributed by atoms with E-state index in [1.807, 2.05) is 6.08 Å². The molecule has 0 aliphatic carbocycles. The molecule has 1 nitrogen and oxygen atoms in total. The SMILES string of the molecule is CCCC/C=C/c1cc1=O. The summed E-state index contributed by atoms with van der Waals surface area (Å²) in [6.07, 6.45) is 7.52. The topological polar surface area (TPSA) is 17.1 Å². The van der Waals surface area contributed by atoms with E-state index in [1.54, 1.807) is 6.07 Å². The van der Waals surface area contributed by atoms with Gasteiger partial charge >= 0.3 is 0 Å². The molecule has 1 heteroatoms. The molecule has 0 atom stereocenters. The fraction of sp³-hybridized carbons (Fsp3) is 0.444. The highest BCUT2D eigenvalue weighted by Crippen LogP contribution is 2.01. The summed E-state index contributed by atoms with van der Waals surface area (Å²) in [7, 11) is 0. The molecule has 1 rings (SSSR count). The molecule has 0 fully saturated rings. The van der Waals surface area contributed by atoms with Crippen molar-refractivity contribution in [3.8, 4) is 0 Å². The van der Waals surface area contributed by atoms with Crippen molar-refractivity contribution in [2.24, 2.45) is 0 Å². The van der Waals surface area contributed by atoms with Gasteiger partial charge in [0.25, 0.3) is 0 Å². The quantitative estimate of drug-likeness (QED) is 0.579. The summed E-state index contributed by atoms with van der Waals surface area (Å²) < 4.78 is 0. The minimum atomic E-state index is 0.202. The molecule has 54 valence electrons. The second kappa shape index (κ2) is 3.35. The van der Waals surface area contributed by atoms with Crippen molar-refractivity contribution in [3.63, 3.8) is 0 Å². The van der Waals surface area contributed by atoms with Gasteiger partial charge in [0, 0.05) is 5.56 Å². The molecular formula is C9H12O. The van der Waals surface area contributed by atoms with Crippen LogP contribution in [0.25, 0.3) is 6.08 Å². The molecule has 1 aromatic rings. The van der Waals surface area contributed by atoms with E-state index in [4.69, 9.17) is 0 Å². The number of unbranched alkanes of at least 4 members (excludes halogenated alkanes) is 2. The summed E-state index contributed by atoms with van der Waals surface area (Å²) in [5.74, 6) is 0. The average Bonchev–Trinajstić information content (AvgIpc) is 2.60. The van der Waals surface area contributed by atoms with E-state index < -0.39 is 0 Å². The molecule has 0 bridgehead atoms. The van der Waals surface area contributed by atoms with E-state index in [1.165, 1.54) is 12.8 Å². The summed E-state index contributed by atoms with van der Waals surface area (Å²) in [5.41, 5.74) is 1.09. The van der Waals surface area contributed by atoms with Crippen LogP contribution in [-0.4, -0.2) is 0 Å². The van der Waals surface area contributed by atoms with Crippen LogP contribution in [0.15, 0.2) is 16.9 Å². The minimum Gasteiger partial charge on any atom is -0.289 e. The van der Waals surface area contributed by atoms with Gasteiger partial charge in [-0.3, -0.25) is 4.79 Å². The van der Waals surface area contributed by atoms with Crippen molar-refractivity contribution in [3.05, 3.63) is 27.9 Å². The van der Waals surface area contributed by atoms with Crippen LogP contribution in [0.2, 0.25) is 0 Å². The maximum Gasteiger partial charge on any atom is 0.186 e. The van der Waals surface area contributed by atoms with Gasteiger partial charge in [-0.15, -0.1) is 0 Å². The van der Waals surface area contributed by atoms with E-state index in [-0.39, 0.29) is 5.43 Å². The first-order valence-electron chi connectivity index (χ1n) is 3.77. The minimum absolute atomic E-state index is 0.202. The molecule has 10 heavy (non-hydrogen) atoms. The molecule has 0 amide bonds. The zero-order valence-corrected chi connectivity index (χ0v) is 6.26. The van der Waals surface area contributed by atoms with Crippen LogP contribution in [0.4, 0.5) is 0 Å². The van der Waals surface area contributed by atoms with Crippen LogP contribution in [0.5, 0.6) is 0 Å². The van der Waals surface area contributed by atoms with Crippen LogP contribution in [0.3, 0.4) is 0 Å². The Morgan fingerprint density at radius 2 is 2.30 bits per heavy atom. The fourth-order valence-corrected chi connectivity index (χ4v) is 0.768. The third kappa shape index (κ3) is 2.18. The van der Waals surface area contributed by atoms with Gasteiger partial charge in [0.15, 0.2) is 5.43 Å². The van der Waals surface area contributed by atoms with Gasteiger partial charge in [0.1, 0.15) is 0 Å². The van der Waals surface area contributed by atoms with E-state index in [9.17, 15) is 4.79 Å². The molecular weight excluding hydrogens is 124 g/mol. The monoisotopic (exact) mass is 136 g/mol. The molecule has 0 heterocycles. The fourth-order valence-electron chi connectivity index (χ4n) is 0.768. The van der Waals surface area contributed by atoms with Crippen molar-refractivity contribution in [1.29, 1.82) is 0 Å². The first-order chi connectivity index (χ1) is 4.84. The van der Waals surface area contributed by atoms with Gasteiger partial charge in [-0.25, -0.2) is 0 Å². The highest BCUT2D eigenvalue weighted by atomic mass is 16.1. The Bertz CT molecular complexity index is 226. The van der Waals surface area contributed by atoms with E-state index >= 15 is 0 Å². The lowest BCUT2D eigenvalue weighted by Crippen LogP contribution is -1.71. The smallest absolute Gasteiger partial charge is 0.186 e. The molecule has 0 aromatic heterocycles. The number of hydrogen-bond acceptors (Lipinski definition) is 1. The van der Waals surface area contributed by atoms with E-state index in [0.29, 0.717) is 0 Å². The highest BCUT2D eigenvalue weighted by Gasteiger charge is 2.00. The van der Waals surface area contributed by atoms with Crippen LogP contribution >= 0.6 is 0 Å². The van der Waals surface area contributed by atoms with Crippen molar-refractivity contribution in [1.82, 2.24) is 0 Å². The summed E-state index contributed by atoms with van der Waals surface area (Å²) in [6.45, 7) is 2.16. The largest absolute Gasteiger partial charge is 0.289 e. The highest BCUT2D eigenvalue weighted by molar-refractivity contribution is 5.55. The van der Waals surface area contributed by atoms with Crippen LogP contribution in [0, 0.1) is 0 Å². The third-order valence-corrected chi connectivity index (χ3v) is 1.51. The molecule has 0 saturated carbocycles. The third-order valence-electron chi connectivity index (χ3n) is 1.51. The molecule has 0 N–H and O–H groups in total. The lowest BCUT2D eigenvalue weighted by Gasteiger charge is -1.84. The zero-order chi connectivity index (χ0) is 7.40. The first-order valence-corrected chi connectivity index (χ1v) is 3.77.